The smallest absolute Gasteiger partial charge is 0.319 e. The third-order valence-corrected chi connectivity index (χ3v) is 6.98. The van der Waals surface area contributed by atoms with Gasteiger partial charge in [-0.25, -0.2) is 14.1 Å². The third kappa shape index (κ3) is 3.73. The lowest BCUT2D eigenvalue weighted by Gasteiger charge is -2.30. The Morgan fingerprint density at radius 3 is 2.44 bits per heavy atom. The number of rotatable bonds is 5. The molecule has 2 aliphatic rings. The first-order valence-corrected chi connectivity index (χ1v) is 11.7. The molecular formula is C22H26N7O4S+. The summed E-state index contributed by atoms with van der Waals surface area (Å²) in [5.41, 5.74) is 1.20. The van der Waals surface area contributed by atoms with Gasteiger partial charge in [-0.15, -0.1) is 0 Å². The molecule has 1 aromatic heterocycles. The van der Waals surface area contributed by atoms with Gasteiger partial charge in [0.1, 0.15) is 5.69 Å². The van der Waals surface area contributed by atoms with Crippen molar-refractivity contribution in [1.82, 2.24) is 19.2 Å². The maximum absolute atomic E-state index is 13.0. The first-order valence-electron chi connectivity index (χ1n) is 10.7. The molecule has 0 bridgehead atoms. The van der Waals surface area contributed by atoms with Crippen molar-refractivity contribution in [3.8, 4) is 5.69 Å². The summed E-state index contributed by atoms with van der Waals surface area (Å²) in [6.07, 6.45) is 0. The first kappa shape index (κ1) is 23.5. The van der Waals surface area contributed by atoms with Crippen LogP contribution in [0.1, 0.15) is 12.6 Å². The number of anilines is 1. The van der Waals surface area contributed by atoms with Crippen molar-refractivity contribution in [2.24, 2.45) is 12.0 Å². The van der Waals surface area contributed by atoms with Crippen LogP contribution in [-0.4, -0.2) is 85.0 Å². The average Bonchev–Trinajstić information content (AvgIpc) is 3.31. The molecule has 3 heterocycles. The fourth-order valence-electron chi connectivity index (χ4n) is 4.03. The number of carbonyl (C=O) groups is 3. The maximum atomic E-state index is 13.0. The van der Waals surface area contributed by atoms with E-state index < -0.39 is 12.1 Å². The molecule has 12 heteroatoms. The molecule has 0 aliphatic carbocycles. The highest BCUT2D eigenvalue weighted by Crippen LogP contribution is 2.23. The number of thioether (sulfide) groups is 1. The van der Waals surface area contributed by atoms with Crippen LogP contribution in [0.2, 0.25) is 0 Å². The Morgan fingerprint density at radius 2 is 1.79 bits per heavy atom. The Hall–Kier alpha value is -3.67. The number of carbonyl (C=O) groups excluding carboxylic acids is 3. The van der Waals surface area contributed by atoms with E-state index in [2.05, 4.69) is 10.3 Å². The highest BCUT2D eigenvalue weighted by Gasteiger charge is 2.52. The highest BCUT2D eigenvalue weighted by molar-refractivity contribution is 8.14. The van der Waals surface area contributed by atoms with Crippen LogP contribution in [0.15, 0.2) is 40.1 Å². The van der Waals surface area contributed by atoms with Crippen LogP contribution in [0.3, 0.4) is 0 Å². The number of fused-ring (bicyclic) bond motifs is 1. The summed E-state index contributed by atoms with van der Waals surface area (Å²) in [5.74, 6) is -0.397. The lowest BCUT2D eigenvalue weighted by atomic mass is 10.1. The molecule has 11 nitrogen and oxygen atoms in total. The molecule has 1 atom stereocenters. The number of amides is 4. The van der Waals surface area contributed by atoms with Crippen LogP contribution < -0.4 is 10.9 Å². The summed E-state index contributed by atoms with van der Waals surface area (Å²) in [6, 6.07) is 8.03. The van der Waals surface area contributed by atoms with Crippen molar-refractivity contribution >= 4 is 46.3 Å². The second-order valence-corrected chi connectivity index (χ2v) is 8.90. The Balaban J connectivity index is 1.53. The van der Waals surface area contributed by atoms with Crippen LogP contribution in [0.4, 0.5) is 10.5 Å². The van der Waals surface area contributed by atoms with Gasteiger partial charge in [0.15, 0.2) is 0 Å². The van der Waals surface area contributed by atoms with Crippen LogP contribution >= 0.6 is 11.8 Å². The van der Waals surface area contributed by atoms with Gasteiger partial charge in [-0.1, -0.05) is 18.2 Å². The summed E-state index contributed by atoms with van der Waals surface area (Å²) in [4.78, 5) is 57.6. The molecule has 2 aliphatic heterocycles. The van der Waals surface area contributed by atoms with Gasteiger partial charge < -0.3 is 5.32 Å². The molecular weight excluding hydrogens is 458 g/mol. The molecule has 178 valence electrons. The molecule has 34 heavy (non-hydrogen) atoms. The van der Waals surface area contributed by atoms with Gasteiger partial charge in [-0.3, -0.25) is 28.9 Å². The molecule has 0 saturated carbocycles. The van der Waals surface area contributed by atoms with Crippen molar-refractivity contribution in [1.29, 1.82) is 0 Å². The minimum atomic E-state index is -0.697. The van der Waals surface area contributed by atoms with Crippen LogP contribution in [0, 0.1) is 6.92 Å². The number of benzene rings is 1. The van der Waals surface area contributed by atoms with E-state index in [0.717, 1.165) is 16.7 Å². The number of para-hydroxylation sites is 1. The summed E-state index contributed by atoms with van der Waals surface area (Å²) in [6.45, 7) is 4.12. The number of aromatic nitrogens is 2. The second-order valence-electron chi connectivity index (χ2n) is 7.95. The molecule has 1 N–H and O–H groups in total. The molecule has 4 amide bonds. The predicted molar refractivity (Wildman–Crippen MR) is 130 cm³/mol. The molecule has 0 radical (unpaired) electrons. The monoisotopic (exact) mass is 484 g/mol. The zero-order valence-electron chi connectivity index (χ0n) is 19.6. The average molecular weight is 485 g/mol. The lowest BCUT2D eigenvalue weighted by molar-refractivity contribution is -0.529. The van der Waals surface area contributed by atoms with E-state index in [4.69, 9.17) is 0 Å². The number of urea groups is 1. The van der Waals surface area contributed by atoms with E-state index in [1.807, 2.05) is 37.3 Å². The number of nitrogens with one attached hydrogen (secondary N) is 1. The molecule has 0 spiro atoms. The number of amidine groups is 2. The predicted octanol–water partition coefficient (Wildman–Crippen LogP) is 0.849. The first-order chi connectivity index (χ1) is 16.2. The fraction of sp³-hybridized carbons (Fsp3) is 0.364. The van der Waals surface area contributed by atoms with Gasteiger partial charge >= 0.3 is 11.2 Å². The highest BCUT2D eigenvalue weighted by atomic mass is 32.2. The largest absolute Gasteiger partial charge is 0.358 e. The van der Waals surface area contributed by atoms with Crippen molar-refractivity contribution in [2.75, 3.05) is 31.7 Å². The minimum absolute atomic E-state index is 0.0177. The molecule has 2 aromatic rings. The molecule has 1 aromatic carbocycles. The van der Waals surface area contributed by atoms with E-state index in [0.29, 0.717) is 28.9 Å². The third-order valence-electron chi connectivity index (χ3n) is 5.99. The number of aliphatic imine (C=N–C) groups is 1. The van der Waals surface area contributed by atoms with Crippen molar-refractivity contribution in [3.05, 3.63) is 46.4 Å². The normalized spacial score (nSPS) is 17.9. The van der Waals surface area contributed by atoms with E-state index in [1.165, 1.54) is 16.6 Å². The SMILES string of the molecule is CC[N+]1=C(SCC(=O)Nc2c(C)n(C)n(-c3ccccc3)c2=O)N=C2C1C(=O)N(C)C(=O)N2C. The number of imide groups is 1. The van der Waals surface area contributed by atoms with E-state index >= 15 is 0 Å². The van der Waals surface area contributed by atoms with Gasteiger partial charge in [-0.2, -0.15) is 0 Å². The van der Waals surface area contributed by atoms with Crippen molar-refractivity contribution in [3.63, 3.8) is 0 Å². The van der Waals surface area contributed by atoms with Gasteiger partial charge in [0.05, 0.1) is 23.7 Å². The number of likely N-dealkylation sites (N-methyl/N-ethyl adjacent to an activating group) is 3. The Labute approximate surface area is 200 Å². The fourth-order valence-corrected chi connectivity index (χ4v) is 4.92. The van der Waals surface area contributed by atoms with Crippen LogP contribution in [0.5, 0.6) is 0 Å². The molecule has 1 fully saturated rings. The lowest BCUT2D eigenvalue weighted by Crippen LogP contribution is -2.61. The topological polar surface area (TPSA) is 112 Å². The number of hydrogen-bond donors (Lipinski definition) is 1. The van der Waals surface area contributed by atoms with Crippen molar-refractivity contribution < 1.29 is 19.0 Å². The summed E-state index contributed by atoms with van der Waals surface area (Å²) in [5, 5.41) is 3.21. The number of hydrogen-bond acceptors (Lipinski definition) is 6. The molecule has 1 unspecified atom stereocenters. The zero-order valence-corrected chi connectivity index (χ0v) is 20.4. The van der Waals surface area contributed by atoms with E-state index in [-0.39, 0.29) is 28.8 Å². The molecule has 4 rings (SSSR count). The summed E-state index contributed by atoms with van der Waals surface area (Å²) in [7, 11) is 4.77. The van der Waals surface area contributed by atoms with Crippen LogP contribution in [-0.2, 0) is 16.6 Å². The van der Waals surface area contributed by atoms with Gasteiger partial charge in [-0.05, 0) is 42.7 Å². The van der Waals surface area contributed by atoms with Crippen molar-refractivity contribution in [2.45, 2.75) is 19.9 Å². The molecule has 1 saturated heterocycles. The zero-order chi connectivity index (χ0) is 24.7. The Bertz CT molecular complexity index is 1310. The quantitative estimate of drug-likeness (QED) is 0.633. The summed E-state index contributed by atoms with van der Waals surface area (Å²) >= 11 is 1.15. The minimum Gasteiger partial charge on any atom is -0.319 e. The van der Waals surface area contributed by atoms with E-state index in [9.17, 15) is 19.2 Å². The Morgan fingerprint density at radius 1 is 1.12 bits per heavy atom. The number of nitrogens with zero attached hydrogens (tertiary/aromatic N) is 6. The van der Waals surface area contributed by atoms with E-state index in [1.54, 1.807) is 30.3 Å². The van der Waals surface area contributed by atoms with Crippen LogP contribution in [0.25, 0.3) is 5.69 Å². The standard InChI is InChI=1S/C22H25N7O4S/c1-6-28-17-18(25(3)22(33)26(4)20(17)32)24-21(28)34-12-15(30)23-16-13(2)27(5)29(19(16)31)14-10-8-7-9-11-14/h7-11,17H,6,12H2,1-5H3/p+1. The van der Waals surface area contributed by atoms with Gasteiger partial charge in [0.2, 0.25) is 5.91 Å². The second kappa shape index (κ2) is 8.93. The summed E-state index contributed by atoms with van der Waals surface area (Å²) < 4.78 is 4.95. The van der Waals surface area contributed by atoms with Gasteiger partial charge in [0.25, 0.3) is 23.3 Å². The van der Waals surface area contributed by atoms with Gasteiger partial charge in [0, 0.05) is 21.1 Å². The Kier molecular flexibility index (Phi) is 6.17. The maximum Gasteiger partial charge on any atom is 0.358 e.